The summed E-state index contributed by atoms with van der Waals surface area (Å²) in [4.78, 5) is 11.1. The van der Waals surface area contributed by atoms with E-state index in [-0.39, 0.29) is 22.9 Å². The fourth-order valence-corrected chi connectivity index (χ4v) is 2.15. The molecule has 2 aromatic rings. The average Bonchev–Trinajstić information content (AvgIpc) is 2.41. The van der Waals surface area contributed by atoms with E-state index in [4.69, 9.17) is 21.4 Å². The Morgan fingerprint density at radius 3 is 2.80 bits per heavy atom. The molecule has 2 rings (SSSR count). The first-order valence-corrected chi connectivity index (χ1v) is 6.74. The molecule has 0 spiro atoms. The minimum atomic E-state index is -1.10. The second kappa shape index (κ2) is 6.24. The summed E-state index contributed by atoms with van der Waals surface area (Å²) in [5, 5.41) is 9.07. The van der Waals surface area contributed by atoms with E-state index in [1.807, 2.05) is 0 Å². The predicted octanol–water partition coefficient (Wildman–Crippen LogP) is 4.52. The summed E-state index contributed by atoms with van der Waals surface area (Å²) in [7, 11) is 0. The number of ether oxygens (including phenoxy) is 1. The van der Waals surface area contributed by atoms with Gasteiger partial charge in [0.15, 0.2) is 0 Å². The van der Waals surface area contributed by atoms with E-state index in [2.05, 4.69) is 15.9 Å². The van der Waals surface area contributed by atoms with E-state index >= 15 is 0 Å². The van der Waals surface area contributed by atoms with Crippen LogP contribution in [0.1, 0.15) is 15.9 Å². The zero-order valence-corrected chi connectivity index (χ0v) is 12.4. The third kappa shape index (κ3) is 3.29. The Morgan fingerprint density at radius 1 is 1.35 bits per heavy atom. The number of hydrogen-bond acceptors (Lipinski definition) is 2. The molecule has 0 saturated carbocycles. The molecule has 0 amide bonds. The molecule has 104 valence electrons. The van der Waals surface area contributed by atoms with Crippen molar-refractivity contribution in [3.05, 3.63) is 62.8 Å². The highest BCUT2D eigenvalue weighted by molar-refractivity contribution is 9.10. The Kier molecular flexibility index (Phi) is 4.62. The lowest BCUT2D eigenvalue weighted by molar-refractivity contribution is 0.0691. The van der Waals surface area contributed by atoms with Gasteiger partial charge in [0.25, 0.3) is 0 Å². The van der Waals surface area contributed by atoms with Gasteiger partial charge in [0.2, 0.25) is 0 Å². The summed E-state index contributed by atoms with van der Waals surface area (Å²) in [6, 6.07) is 9.00. The first kappa shape index (κ1) is 14.8. The van der Waals surface area contributed by atoms with E-state index in [1.54, 1.807) is 12.1 Å². The monoisotopic (exact) mass is 358 g/mol. The van der Waals surface area contributed by atoms with Crippen molar-refractivity contribution in [3.63, 3.8) is 0 Å². The van der Waals surface area contributed by atoms with Crippen molar-refractivity contribution in [1.29, 1.82) is 0 Å². The molecular weight excluding hydrogens is 351 g/mol. The highest BCUT2D eigenvalue weighted by Crippen LogP contribution is 2.26. The van der Waals surface area contributed by atoms with Crippen molar-refractivity contribution in [2.24, 2.45) is 0 Å². The summed E-state index contributed by atoms with van der Waals surface area (Å²) in [5.74, 6) is -1.45. The number of aromatic carboxylic acids is 1. The van der Waals surface area contributed by atoms with Crippen LogP contribution in [0.15, 0.2) is 40.9 Å². The molecule has 1 N–H and O–H groups in total. The van der Waals surface area contributed by atoms with E-state index in [1.165, 1.54) is 24.3 Å². The summed E-state index contributed by atoms with van der Waals surface area (Å²) in [6.45, 7) is -0.0154. The van der Waals surface area contributed by atoms with E-state index in [0.717, 1.165) is 0 Å². The fourth-order valence-electron chi connectivity index (χ4n) is 1.61. The van der Waals surface area contributed by atoms with Crippen LogP contribution in [0.3, 0.4) is 0 Å². The van der Waals surface area contributed by atoms with Crippen LogP contribution >= 0.6 is 27.5 Å². The number of carboxylic acids is 1. The molecule has 0 atom stereocenters. The van der Waals surface area contributed by atoms with Gasteiger partial charge in [-0.2, -0.15) is 0 Å². The third-order valence-corrected chi connectivity index (χ3v) is 3.50. The van der Waals surface area contributed by atoms with Crippen LogP contribution in [0.25, 0.3) is 0 Å². The van der Waals surface area contributed by atoms with E-state index in [0.29, 0.717) is 10.0 Å². The normalized spacial score (nSPS) is 10.3. The average molecular weight is 360 g/mol. The fraction of sp³-hybridized carbons (Fsp3) is 0.0714. The van der Waals surface area contributed by atoms with Gasteiger partial charge in [-0.3, -0.25) is 0 Å². The minimum absolute atomic E-state index is 0.0154. The minimum Gasteiger partial charge on any atom is -0.488 e. The maximum atomic E-state index is 13.3. The number of hydrogen-bond donors (Lipinski definition) is 1. The van der Waals surface area contributed by atoms with Crippen LogP contribution in [0.2, 0.25) is 5.02 Å². The topological polar surface area (TPSA) is 46.5 Å². The van der Waals surface area contributed by atoms with Gasteiger partial charge in [-0.05, 0) is 24.3 Å². The summed E-state index contributed by atoms with van der Waals surface area (Å²) in [5.41, 5.74) is 0.470. The Bertz CT molecular complexity index is 661. The van der Waals surface area contributed by atoms with Gasteiger partial charge < -0.3 is 9.84 Å². The van der Waals surface area contributed by atoms with Crippen molar-refractivity contribution >= 4 is 33.5 Å². The molecule has 20 heavy (non-hydrogen) atoms. The second-order valence-corrected chi connectivity index (χ2v) is 5.24. The molecule has 0 aliphatic heterocycles. The number of benzene rings is 2. The highest BCUT2D eigenvalue weighted by Gasteiger charge is 2.13. The molecule has 0 aliphatic carbocycles. The predicted molar refractivity (Wildman–Crippen MR) is 76.8 cm³/mol. The molecule has 6 heteroatoms. The largest absolute Gasteiger partial charge is 0.488 e. The van der Waals surface area contributed by atoms with Crippen molar-refractivity contribution in [2.75, 3.05) is 0 Å². The zero-order chi connectivity index (χ0) is 14.7. The molecular formula is C14H9BrClFO3. The molecule has 0 saturated heterocycles. The lowest BCUT2D eigenvalue weighted by atomic mass is 10.2. The summed E-state index contributed by atoms with van der Waals surface area (Å²) >= 11 is 9.00. The molecule has 0 aromatic heterocycles. The Hall–Kier alpha value is -1.59. The Morgan fingerprint density at radius 2 is 2.10 bits per heavy atom. The second-order valence-electron chi connectivity index (χ2n) is 3.95. The molecule has 0 bridgehead atoms. The standard InChI is InChI=1S/C14H9BrClFO3/c15-9-4-5-12(10(6-9)14(18)19)20-7-8-2-1-3-11(17)13(8)16/h1-6H,7H2,(H,18,19). The van der Waals surface area contributed by atoms with Gasteiger partial charge in [0.05, 0.1) is 5.02 Å². The van der Waals surface area contributed by atoms with Crippen LogP contribution in [0.5, 0.6) is 5.75 Å². The number of rotatable bonds is 4. The summed E-state index contributed by atoms with van der Waals surface area (Å²) in [6.07, 6.45) is 0. The van der Waals surface area contributed by atoms with Crippen LogP contribution in [-0.2, 0) is 6.61 Å². The SMILES string of the molecule is O=C(O)c1cc(Br)ccc1OCc1cccc(F)c1Cl. The van der Waals surface area contributed by atoms with Gasteiger partial charge >= 0.3 is 5.97 Å². The van der Waals surface area contributed by atoms with Gasteiger partial charge in [-0.1, -0.05) is 39.7 Å². The first-order chi connectivity index (χ1) is 9.49. The van der Waals surface area contributed by atoms with E-state index < -0.39 is 11.8 Å². The van der Waals surface area contributed by atoms with Gasteiger partial charge in [0.1, 0.15) is 23.7 Å². The quantitative estimate of drug-likeness (QED) is 0.873. The lowest BCUT2D eigenvalue weighted by Crippen LogP contribution is -2.04. The maximum Gasteiger partial charge on any atom is 0.339 e. The lowest BCUT2D eigenvalue weighted by Gasteiger charge is -2.10. The van der Waals surface area contributed by atoms with Gasteiger partial charge in [0, 0.05) is 10.0 Å². The molecule has 3 nitrogen and oxygen atoms in total. The molecule has 0 radical (unpaired) electrons. The van der Waals surface area contributed by atoms with Crippen LogP contribution in [-0.4, -0.2) is 11.1 Å². The van der Waals surface area contributed by atoms with Crippen LogP contribution in [0, 0.1) is 5.82 Å². The molecule has 2 aromatic carbocycles. The van der Waals surface area contributed by atoms with Gasteiger partial charge in [-0.25, -0.2) is 9.18 Å². The molecule has 0 heterocycles. The van der Waals surface area contributed by atoms with Crippen molar-refractivity contribution in [1.82, 2.24) is 0 Å². The van der Waals surface area contributed by atoms with Gasteiger partial charge in [-0.15, -0.1) is 0 Å². The molecule has 0 unspecified atom stereocenters. The summed E-state index contributed by atoms with van der Waals surface area (Å²) < 4.78 is 19.3. The van der Waals surface area contributed by atoms with Crippen molar-refractivity contribution in [3.8, 4) is 5.75 Å². The Balaban J connectivity index is 2.23. The van der Waals surface area contributed by atoms with Crippen LogP contribution in [0.4, 0.5) is 4.39 Å². The number of carboxylic acid groups (broad SMARTS) is 1. The first-order valence-electron chi connectivity index (χ1n) is 5.57. The highest BCUT2D eigenvalue weighted by atomic mass is 79.9. The molecule has 0 fully saturated rings. The van der Waals surface area contributed by atoms with Crippen LogP contribution < -0.4 is 4.74 Å². The zero-order valence-electron chi connectivity index (χ0n) is 10.1. The maximum absolute atomic E-state index is 13.3. The van der Waals surface area contributed by atoms with Crippen molar-refractivity contribution in [2.45, 2.75) is 6.61 Å². The van der Waals surface area contributed by atoms with Crippen molar-refractivity contribution < 1.29 is 19.0 Å². The molecule has 0 aliphatic rings. The Labute approximate surface area is 128 Å². The number of carbonyl (C=O) groups is 1. The number of halogens is 3. The third-order valence-electron chi connectivity index (χ3n) is 2.59. The van der Waals surface area contributed by atoms with E-state index in [9.17, 15) is 9.18 Å². The smallest absolute Gasteiger partial charge is 0.339 e.